The Morgan fingerprint density at radius 3 is 1.55 bits per heavy atom. The average molecular weight is 733 g/mol. The number of hydrogen-bond donors (Lipinski definition) is 0. The Morgan fingerprint density at radius 1 is 0.375 bits per heavy atom. The van der Waals surface area contributed by atoms with Crippen LogP contribution >= 0.6 is 11.3 Å². The number of hydrogen-bond acceptors (Lipinski definition) is 3. The van der Waals surface area contributed by atoms with Gasteiger partial charge >= 0.3 is 0 Å². The van der Waals surface area contributed by atoms with E-state index in [2.05, 4.69) is 172 Å². The average Bonchev–Trinajstić information content (AvgIpc) is 3.97. The summed E-state index contributed by atoms with van der Waals surface area (Å²) < 4.78 is 15.7. The molecule has 2 nitrogen and oxygen atoms in total. The van der Waals surface area contributed by atoms with Crippen molar-refractivity contribution in [3.63, 3.8) is 0 Å². The zero-order valence-electron chi connectivity index (χ0n) is 30.7. The number of thiophene rings is 1. The zero-order valence-corrected chi connectivity index (χ0v) is 31.6. The highest BCUT2D eigenvalue weighted by Gasteiger charge is 2.37. The van der Waals surface area contributed by atoms with Crippen molar-refractivity contribution in [3.05, 3.63) is 169 Å². The molecular formula is C53H32O2S. The van der Waals surface area contributed by atoms with E-state index in [9.17, 15) is 0 Å². The molecule has 0 aliphatic heterocycles. The Hall–Kier alpha value is -6.68. The molecule has 1 aliphatic rings. The molecule has 56 heavy (non-hydrogen) atoms. The van der Waals surface area contributed by atoms with Gasteiger partial charge in [-0.2, -0.15) is 0 Å². The first-order valence-electron chi connectivity index (χ1n) is 19.3. The molecule has 0 saturated heterocycles. The lowest BCUT2D eigenvalue weighted by molar-refractivity contribution is 0.656. The molecule has 0 N–H and O–H groups in total. The van der Waals surface area contributed by atoms with Crippen LogP contribution in [0.1, 0.15) is 25.0 Å². The van der Waals surface area contributed by atoms with Gasteiger partial charge in [0.15, 0.2) is 0 Å². The molecule has 3 aromatic heterocycles. The van der Waals surface area contributed by atoms with Gasteiger partial charge in [-0.25, -0.2) is 0 Å². The summed E-state index contributed by atoms with van der Waals surface area (Å²) in [5.41, 5.74) is 13.8. The van der Waals surface area contributed by atoms with Gasteiger partial charge in [0.25, 0.3) is 0 Å². The summed E-state index contributed by atoms with van der Waals surface area (Å²) in [6.45, 7) is 4.68. The molecule has 0 radical (unpaired) electrons. The third-order valence-corrected chi connectivity index (χ3v) is 13.8. The van der Waals surface area contributed by atoms with Gasteiger partial charge in [-0.15, -0.1) is 11.3 Å². The number of benzene rings is 9. The Morgan fingerprint density at radius 2 is 0.893 bits per heavy atom. The second-order valence-corrected chi connectivity index (χ2v) is 17.0. The van der Waals surface area contributed by atoms with Crippen molar-refractivity contribution in [1.29, 1.82) is 0 Å². The van der Waals surface area contributed by atoms with Crippen molar-refractivity contribution in [2.75, 3.05) is 0 Å². The van der Waals surface area contributed by atoms with Crippen molar-refractivity contribution < 1.29 is 8.83 Å². The van der Waals surface area contributed by atoms with E-state index < -0.39 is 0 Å². The first kappa shape index (κ1) is 30.6. The van der Waals surface area contributed by atoms with E-state index in [0.29, 0.717) is 0 Å². The minimum Gasteiger partial charge on any atom is -0.456 e. The summed E-state index contributed by atoms with van der Waals surface area (Å²) in [6.07, 6.45) is 0. The molecule has 0 unspecified atom stereocenters. The molecule has 3 heterocycles. The summed E-state index contributed by atoms with van der Waals surface area (Å²) in [7, 11) is 0. The Bertz CT molecular complexity index is 3630. The maximum Gasteiger partial charge on any atom is 0.136 e. The molecule has 12 aromatic rings. The second-order valence-electron chi connectivity index (χ2n) is 15.9. The summed E-state index contributed by atoms with van der Waals surface area (Å²) in [5, 5.41) is 12.2. The minimum absolute atomic E-state index is 0.0845. The van der Waals surface area contributed by atoms with Gasteiger partial charge in [0, 0.05) is 47.1 Å². The quantitative estimate of drug-likeness (QED) is 0.165. The van der Waals surface area contributed by atoms with Crippen LogP contribution in [0.5, 0.6) is 0 Å². The van der Waals surface area contributed by atoms with Crippen LogP contribution < -0.4 is 0 Å². The van der Waals surface area contributed by atoms with Crippen LogP contribution in [0.2, 0.25) is 0 Å². The van der Waals surface area contributed by atoms with Crippen molar-refractivity contribution in [2.24, 2.45) is 0 Å². The van der Waals surface area contributed by atoms with Crippen molar-refractivity contribution in [1.82, 2.24) is 0 Å². The van der Waals surface area contributed by atoms with Crippen LogP contribution in [0, 0.1) is 0 Å². The maximum absolute atomic E-state index is 6.60. The van der Waals surface area contributed by atoms with E-state index in [0.717, 1.165) is 33.1 Å². The number of furan rings is 2. The van der Waals surface area contributed by atoms with Gasteiger partial charge in [0.1, 0.15) is 22.3 Å². The SMILES string of the molecule is CC1(C)c2ccccc2-c2c1ccc1oc3ccc(-c4c5ccccc5c(-c5ccc6oc7ccc8sc9ccccc9c8c7c6c5)c5ccccc45)cc3c21. The van der Waals surface area contributed by atoms with Crippen LogP contribution in [-0.2, 0) is 5.41 Å². The van der Waals surface area contributed by atoms with Crippen LogP contribution in [0.4, 0.5) is 0 Å². The number of fused-ring (bicyclic) bond motifs is 16. The van der Waals surface area contributed by atoms with Crippen molar-refractivity contribution >= 4 is 96.9 Å². The number of rotatable bonds is 2. The van der Waals surface area contributed by atoms with Crippen LogP contribution in [0.3, 0.4) is 0 Å². The molecule has 3 heteroatoms. The van der Waals surface area contributed by atoms with Gasteiger partial charge in [0.2, 0.25) is 0 Å². The van der Waals surface area contributed by atoms with E-state index >= 15 is 0 Å². The first-order chi connectivity index (χ1) is 27.5. The van der Waals surface area contributed by atoms with Gasteiger partial charge < -0.3 is 8.83 Å². The summed E-state index contributed by atoms with van der Waals surface area (Å²) in [4.78, 5) is 0. The van der Waals surface area contributed by atoms with E-state index in [1.165, 1.54) is 97.0 Å². The van der Waals surface area contributed by atoms with Gasteiger partial charge in [-0.1, -0.05) is 123 Å². The summed E-state index contributed by atoms with van der Waals surface area (Å²) in [6, 6.07) is 57.8. The van der Waals surface area contributed by atoms with E-state index in [1.54, 1.807) is 0 Å². The molecule has 262 valence electrons. The minimum atomic E-state index is -0.0845. The van der Waals surface area contributed by atoms with E-state index in [4.69, 9.17) is 8.83 Å². The topological polar surface area (TPSA) is 26.3 Å². The lowest BCUT2D eigenvalue weighted by Crippen LogP contribution is -2.14. The molecule has 0 fully saturated rings. The molecule has 0 spiro atoms. The molecule has 0 bridgehead atoms. The fraction of sp³-hybridized carbons (Fsp3) is 0.0566. The lowest BCUT2D eigenvalue weighted by atomic mass is 9.82. The predicted octanol–water partition coefficient (Wildman–Crippen LogP) is 15.8. The Labute approximate surface area is 325 Å². The summed E-state index contributed by atoms with van der Waals surface area (Å²) >= 11 is 1.85. The van der Waals surface area contributed by atoms with Gasteiger partial charge in [-0.05, 0) is 115 Å². The molecular weight excluding hydrogens is 701 g/mol. The molecule has 9 aromatic carbocycles. The fourth-order valence-electron chi connectivity index (χ4n) is 10.2. The third kappa shape index (κ3) is 3.90. The summed E-state index contributed by atoms with van der Waals surface area (Å²) in [5.74, 6) is 0. The highest BCUT2D eigenvalue weighted by molar-refractivity contribution is 7.26. The highest BCUT2D eigenvalue weighted by atomic mass is 32.1. The standard InChI is InChI=1S/C53H32O2S/c1-53(2)39-17-9-7-15-35(39)49-40(53)21-24-43-50(49)37-27-29(19-22-41(37)54-43)47-31-11-3-5-13-33(31)48(34-14-6-4-12-32(34)47)30-20-23-42-38(28-30)51-44(55-42)25-26-46-52(51)36-16-8-10-18-45(36)56-46/h3-28H,1-2H3. The Kier molecular flexibility index (Phi) is 5.88. The molecule has 0 amide bonds. The monoisotopic (exact) mass is 732 g/mol. The van der Waals surface area contributed by atoms with Gasteiger partial charge in [-0.3, -0.25) is 0 Å². The van der Waals surface area contributed by atoms with Crippen molar-refractivity contribution in [2.45, 2.75) is 19.3 Å². The van der Waals surface area contributed by atoms with E-state index in [1.807, 2.05) is 11.3 Å². The normalized spacial score (nSPS) is 13.7. The van der Waals surface area contributed by atoms with Crippen LogP contribution in [0.15, 0.2) is 167 Å². The third-order valence-electron chi connectivity index (χ3n) is 12.7. The smallest absolute Gasteiger partial charge is 0.136 e. The largest absolute Gasteiger partial charge is 0.456 e. The first-order valence-corrected chi connectivity index (χ1v) is 20.1. The molecule has 1 aliphatic carbocycles. The maximum atomic E-state index is 6.60. The second kappa shape index (κ2) is 10.8. The van der Waals surface area contributed by atoms with Gasteiger partial charge in [0.05, 0.1) is 0 Å². The lowest BCUT2D eigenvalue weighted by Gasteiger charge is -2.21. The molecule has 0 saturated carbocycles. The Balaban J connectivity index is 1.09. The zero-order chi connectivity index (χ0) is 36.9. The van der Waals surface area contributed by atoms with Crippen molar-refractivity contribution in [3.8, 4) is 33.4 Å². The fourth-order valence-corrected chi connectivity index (χ4v) is 11.3. The van der Waals surface area contributed by atoms with Crippen LogP contribution in [-0.4, -0.2) is 0 Å². The molecule has 0 atom stereocenters. The van der Waals surface area contributed by atoms with E-state index in [-0.39, 0.29) is 5.41 Å². The molecule has 13 rings (SSSR count). The van der Waals surface area contributed by atoms with Crippen LogP contribution in [0.25, 0.3) is 119 Å². The predicted molar refractivity (Wildman–Crippen MR) is 237 cm³/mol. The highest BCUT2D eigenvalue weighted by Crippen LogP contribution is 2.54.